The van der Waals surface area contributed by atoms with Gasteiger partial charge in [0.25, 0.3) is 0 Å². The number of hydrogen-bond acceptors (Lipinski definition) is 3. The molecule has 0 aromatic carbocycles. The van der Waals surface area contributed by atoms with Gasteiger partial charge in [0.1, 0.15) is 0 Å². The topological polar surface area (TPSA) is 30.5 Å². The zero-order chi connectivity index (χ0) is 11.6. The molecule has 1 atom stereocenters. The molecule has 2 saturated heterocycles. The molecule has 3 rings (SSSR count). The van der Waals surface area contributed by atoms with Crippen LogP contribution in [0.4, 0.5) is 0 Å². The van der Waals surface area contributed by atoms with Gasteiger partial charge in [0, 0.05) is 6.42 Å². The van der Waals surface area contributed by atoms with Crippen LogP contribution in [0.15, 0.2) is 0 Å². The maximum atomic E-state index is 6.23. The Labute approximate surface area is 104 Å². The maximum Gasteiger partial charge on any atom is 0.0840 e. The Balaban J connectivity index is 1.49. The van der Waals surface area contributed by atoms with Gasteiger partial charge in [-0.05, 0) is 38.8 Å². The summed E-state index contributed by atoms with van der Waals surface area (Å²) >= 11 is 0. The maximum absolute atomic E-state index is 6.23. The van der Waals surface area contributed by atoms with E-state index in [2.05, 4.69) is 5.32 Å². The van der Waals surface area contributed by atoms with Crippen LogP contribution < -0.4 is 5.32 Å². The van der Waals surface area contributed by atoms with Crippen LogP contribution in [-0.2, 0) is 9.47 Å². The zero-order valence-electron chi connectivity index (χ0n) is 10.7. The zero-order valence-corrected chi connectivity index (χ0v) is 10.7. The molecule has 0 radical (unpaired) electrons. The highest BCUT2D eigenvalue weighted by atomic mass is 16.6. The molecule has 3 aliphatic rings. The lowest BCUT2D eigenvalue weighted by atomic mass is 9.88. The van der Waals surface area contributed by atoms with Crippen molar-refractivity contribution in [2.45, 2.75) is 69.2 Å². The van der Waals surface area contributed by atoms with Crippen LogP contribution in [0.1, 0.15) is 51.4 Å². The third kappa shape index (κ3) is 2.83. The van der Waals surface area contributed by atoms with Crippen molar-refractivity contribution in [1.29, 1.82) is 0 Å². The Morgan fingerprint density at radius 2 is 1.76 bits per heavy atom. The molecule has 1 saturated carbocycles. The Bertz CT molecular complexity index is 245. The van der Waals surface area contributed by atoms with Crippen molar-refractivity contribution in [1.82, 2.24) is 5.32 Å². The van der Waals surface area contributed by atoms with Gasteiger partial charge in [0.2, 0.25) is 0 Å². The van der Waals surface area contributed by atoms with Gasteiger partial charge in [-0.3, -0.25) is 0 Å². The van der Waals surface area contributed by atoms with E-state index in [0.717, 1.165) is 39.0 Å². The first-order valence-electron chi connectivity index (χ1n) is 7.36. The Morgan fingerprint density at radius 3 is 2.53 bits per heavy atom. The lowest BCUT2D eigenvalue weighted by Crippen LogP contribution is -2.41. The standard InChI is InChI=1S/C14H25NO2/c1-2-4-12(5-3-1)17-13-10-14(16-11-13)6-8-15-9-7-14/h12-13,15H,1-11H2. The summed E-state index contributed by atoms with van der Waals surface area (Å²) in [6.07, 6.45) is 11.0. The predicted octanol–water partition coefficient (Wildman–Crippen LogP) is 2.25. The van der Waals surface area contributed by atoms with Crippen LogP contribution in [0, 0.1) is 0 Å². The fourth-order valence-corrected chi connectivity index (χ4v) is 3.59. The molecule has 1 unspecified atom stereocenters. The summed E-state index contributed by atoms with van der Waals surface area (Å²) in [5.74, 6) is 0. The molecular weight excluding hydrogens is 214 g/mol. The molecule has 3 nitrogen and oxygen atoms in total. The fourth-order valence-electron chi connectivity index (χ4n) is 3.59. The van der Waals surface area contributed by atoms with E-state index in [1.807, 2.05) is 0 Å². The van der Waals surface area contributed by atoms with Crippen molar-refractivity contribution >= 4 is 0 Å². The first-order valence-corrected chi connectivity index (χ1v) is 7.36. The molecule has 0 aromatic heterocycles. The Hall–Kier alpha value is -0.120. The SMILES string of the molecule is C1CCC(OC2COC3(CCNCC3)C2)CC1. The molecule has 2 heterocycles. The minimum atomic E-state index is 0.157. The van der Waals surface area contributed by atoms with E-state index in [1.165, 1.54) is 32.1 Å². The third-order valence-electron chi connectivity index (χ3n) is 4.63. The summed E-state index contributed by atoms with van der Waals surface area (Å²) in [5, 5.41) is 3.41. The van der Waals surface area contributed by atoms with E-state index >= 15 is 0 Å². The van der Waals surface area contributed by atoms with Crippen molar-refractivity contribution in [2.24, 2.45) is 0 Å². The second-order valence-electron chi connectivity index (χ2n) is 5.97. The lowest BCUT2D eigenvalue weighted by molar-refractivity contribution is -0.0403. The first-order chi connectivity index (χ1) is 8.36. The summed E-state index contributed by atoms with van der Waals surface area (Å²) in [7, 11) is 0. The summed E-state index contributed by atoms with van der Waals surface area (Å²) < 4.78 is 12.3. The van der Waals surface area contributed by atoms with Gasteiger partial charge >= 0.3 is 0 Å². The molecule has 0 amide bonds. The molecule has 3 fully saturated rings. The monoisotopic (exact) mass is 239 g/mol. The number of piperidine rings is 1. The van der Waals surface area contributed by atoms with Crippen LogP contribution in [0.25, 0.3) is 0 Å². The number of hydrogen-bond donors (Lipinski definition) is 1. The van der Waals surface area contributed by atoms with Gasteiger partial charge in [-0.25, -0.2) is 0 Å². The van der Waals surface area contributed by atoms with Crippen molar-refractivity contribution in [3.63, 3.8) is 0 Å². The number of nitrogens with one attached hydrogen (secondary N) is 1. The largest absolute Gasteiger partial charge is 0.372 e. The van der Waals surface area contributed by atoms with Crippen molar-refractivity contribution < 1.29 is 9.47 Å². The number of ether oxygens (including phenoxy) is 2. The Morgan fingerprint density at radius 1 is 1.00 bits per heavy atom. The van der Waals surface area contributed by atoms with Gasteiger partial charge in [-0.2, -0.15) is 0 Å². The highest BCUT2D eigenvalue weighted by Crippen LogP contribution is 2.36. The first kappa shape index (κ1) is 11.9. The van der Waals surface area contributed by atoms with Gasteiger partial charge in [-0.1, -0.05) is 19.3 Å². The molecule has 1 spiro atoms. The highest BCUT2D eigenvalue weighted by molar-refractivity contribution is 4.93. The molecule has 1 aliphatic carbocycles. The average Bonchev–Trinajstić information content (AvgIpc) is 2.74. The van der Waals surface area contributed by atoms with Crippen LogP contribution >= 0.6 is 0 Å². The molecule has 2 aliphatic heterocycles. The van der Waals surface area contributed by atoms with E-state index in [4.69, 9.17) is 9.47 Å². The van der Waals surface area contributed by atoms with E-state index in [1.54, 1.807) is 0 Å². The van der Waals surface area contributed by atoms with E-state index in [9.17, 15) is 0 Å². The van der Waals surface area contributed by atoms with Crippen molar-refractivity contribution in [3.8, 4) is 0 Å². The van der Waals surface area contributed by atoms with Crippen LogP contribution in [-0.4, -0.2) is 37.5 Å². The van der Waals surface area contributed by atoms with E-state index < -0.39 is 0 Å². The number of rotatable bonds is 2. The molecule has 17 heavy (non-hydrogen) atoms. The van der Waals surface area contributed by atoms with E-state index in [0.29, 0.717) is 12.2 Å². The lowest BCUT2D eigenvalue weighted by Gasteiger charge is -2.33. The Kier molecular flexibility index (Phi) is 3.69. The summed E-state index contributed by atoms with van der Waals surface area (Å²) in [6, 6.07) is 0. The molecule has 0 aromatic rings. The van der Waals surface area contributed by atoms with Crippen molar-refractivity contribution in [2.75, 3.05) is 19.7 Å². The summed E-state index contributed by atoms with van der Waals surface area (Å²) in [4.78, 5) is 0. The molecule has 98 valence electrons. The second-order valence-corrected chi connectivity index (χ2v) is 5.97. The van der Waals surface area contributed by atoms with Crippen LogP contribution in [0.3, 0.4) is 0 Å². The van der Waals surface area contributed by atoms with Crippen LogP contribution in [0.2, 0.25) is 0 Å². The summed E-state index contributed by atoms with van der Waals surface area (Å²) in [5.41, 5.74) is 0.157. The van der Waals surface area contributed by atoms with Crippen molar-refractivity contribution in [3.05, 3.63) is 0 Å². The van der Waals surface area contributed by atoms with Gasteiger partial charge in [-0.15, -0.1) is 0 Å². The summed E-state index contributed by atoms with van der Waals surface area (Å²) in [6.45, 7) is 3.04. The third-order valence-corrected chi connectivity index (χ3v) is 4.63. The van der Waals surface area contributed by atoms with Gasteiger partial charge in [0.05, 0.1) is 24.4 Å². The average molecular weight is 239 g/mol. The minimum absolute atomic E-state index is 0.157. The highest BCUT2D eigenvalue weighted by Gasteiger charge is 2.42. The minimum Gasteiger partial charge on any atom is -0.372 e. The smallest absolute Gasteiger partial charge is 0.0840 e. The fraction of sp³-hybridized carbons (Fsp3) is 1.00. The van der Waals surface area contributed by atoms with Gasteiger partial charge < -0.3 is 14.8 Å². The predicted molar refractivity (Wildman–Crippen MR) is 67.1 cm³/mol. The molecular formula is C14H25NO2. The quantitative estimate of drug-likeness (QED) is 0.801. The molecule has 0 bridgehead atoms. The van der Waals surface area contributed by atoms with Crippen LogP contribution in [0.5, 0.6) is 0 Å². The molecule has 1 N–H and O–H groups in total. The second kappa shape index (κ2) is 5.25. The van der Waals surface area contributed by atoms with Gasteiger partial charge in [0.15, 0.2) is 0 Å². The van der Waals surface area contributed by atoms with E-state index in [-0.39, 0.29) is 5.60 Å². The molecule has 3 heteroatoms. The normalized spacial score (nSPS) is 34.2.